The average molecular weight is 131 g/mol. The average Bonchev–Trinajstić information content (AvgIpc) is 1.83. The molecule has 0 saturated heterocycles. The highest BCUT2D eigenvalue weighted by Crippen LogP contribution is 1.92. The van der Waals surface area contributed by atoms with Crippen LogP contribution in [0.3, 0.4) is 0 Å². The third-order valence-corrected chi connectivity index (χ3v) is 2.30. The third-order valence-electron chi connectivity index (χ3n) is 0.766. The fourth-order valence-corrected chi connectivity index (χ4v) is 1.10. The Morgan fingerprint density at radius 3 is 2.12 bits per heavy atom. The van der Waals surface area contributed by atoms with Crippen molar-refractivity contribution in [1.29, 1.82) is 0 Å². The Kier molecular flexibility index (Phi) is 4.95. The molecule has 0 aromatic carbocycles. The lowest BCUT2D eigenvalue weighted by Crippen LogP contribution is -2.16. The summed E-state index contributed by atoms with van der Waals surface area (Å²) < 4.78 is 9.90. The van der Waals surface area contributed by atoms with Crippen molar-refractivity contribution >= 4 is 9.28 Å². The smallest absolute Gasteiger partial charge is 0.388 e. The zero-order valence-electron chi connectivity index (χ0n) is 5.31. The summed E-state index contributed by atoms with van der Waals surface area (Å²) in [5, 5.41) is 0. The SMILES string of the molecule is C=CC[Si](OC)OC. The molecular formula is C5H11O2Si. The van der Waals surface area contributed by atoms with Crippen LogP contribution in [0.5, 0.6) is 0 Å². The van der Waals surface area contributed by atoms with Crippen LogP contribution in [0, 0.1) is 0 Å². The first-order valence-corrected chi connectivity index (χ1v) is 3.92. The van der Waals surface area contributed by atoms with Gasteiger partial charge in [0.05, 0.1) is 0 Å². The van der Waals surface area contributed by atoms with E-state index in [9.17, 15) is 0 Å². The van der Waals surface area contributed by atoms with Gasteiger partial charge in [0.1, 0.15) is 0 Å². The summed E-state index contributed by atoms with van der Waals surface area (Å²) >= 11 is 0. The van der Waals surface area contributed by atoms with Crippen LogP contribution in [-0.4, -0.2) is 23.5 Å². The molecule has 0 bridgehead atoms. The van der Waals surface area contributed by atoms with E-state index in [4.69, 9.17) is 8.85 Å². The minimum absolute atomic E-state index is 0.845. The van der Waals surface area contributed by atoms with Crippen LogP contribution >= 0.6 is 0 Å². The van der Waals surface area contributed by atoms with Gasteiger partial charge >= 0.3 is 9.28 Å². The Bertz CT molecular complexity index is 61.4. The van der Waals surface area contributed by atoms with E-state index in [0.717, 1.165) is 6.04 Å². The molecule has 0 aromatic rings. The Hall–Kier alpha value is -0.123. The summed E-state index contributed by atoms with van der Waals surface area (Å²) in [4.78, 5) is 0. The molecule has 0 fully saturated rings. The first kappa shape index (κ1) is 7.88. The van der Waals surface area contributed by atoms with Crippen molar-refractivity contribution in [3.05, 3.63) is 12.7 Å². The minimum Gasteiger partial charge on any atom is -0.397 e. The first-order valence-electron chi connectivity index (χ1n) is 2.39. The van der Waals surface area contributed by atoms with Gasteiger partial charge in [-0.25, -0.2) is 0 Å². The molecule has 0 aliphatic carbocycles. The highest BCUT2D eigenvalue weighted by molar-refractivity contribution is 6.44. The Morgan fingerprint density at radius 2 is 2.00 bits per heavy atom. The van der Waals surface area contributed by atoms with Gasteiger partial charge in [0.25, 0.3) is 0 Å². The van der Waals surface area contributed by atoms with Gasteiger partial charge in [-0.3, -0.25) is 0 Å². The van der Waals surface area contributed by atoms with Crippen LogP contribution in [0.25, 0.3) is 0 Å². The van der Waals surface area contributed by atoms with Gasteiger partial charge in [0.15, 0.2) is 0 Å². The maximum absolute atomic E-state index is 4.95. The first-order chi connectivity index (χ1) is 3.85. The summed E-state index contributed by atoms with van der Waals surface area (Å²) in [6.07, 6.45) is 1.81. The normalized spacial score (nSPS) is 9.88. The molecular weight excluding hydrogens is 120 g/mol. The fraction of sp³-hybridized carbons (Fsp3) is 0.600. The summed E-state index contributed by atoms with van der Waals surface area (Å²) in [7, 11) is 2.32. The molecule has 0 aromatic heterocycles. The molecule has 0 atom stereocenters. The highest BCUT2D eigenvalue weighted by atomic mass is 28.3. The Labute approximate surface area is 52.0 Å². The van der Waals surface area contributed by atoms with E-state index in [0.29, 0.717) is 0 Å². The van der Waals surface area contributed by atoms with Crippen molar-refractivity contribution in [3.8, 4) is 0 Å². The lowest BCUT2D eigenvalue weighted by atomic mass is 10.8. The van der Waals surface area contributed by atoms with Gasteiger partial charge in [-0.2, -0.15) is 0 Å². The minimum atomic E-state index is -0.992. The van der Waals surface area contributed by atoms with E-state index < -0.39 is 9.28 Å². The van der Waals surface area contributed by atoms with Crippen LogP contribution in [0.2, 0.25) is 6.04 Å². The zero-order valence-corrected chi connectivity index (χ0v) is 6.31. The molecule has 47 valence electrons. The van der Waals surface area contributed by atoms with E-state index in [2.05, 4.69) is 6.58 Å². The molecule has 0 heterocycles. The van der Waals surface area contributed by atoms with Crippen LogP contribution < -0.4 is 0 Å². The standard InChI is InChI=1S/C5H11O2Si/c1-4-5-8(6-2)7-3/h4H,1,5H2,2-3H3. The molecule has 8 heavy (non-hydrogen) atoms. The van der Waals surface area contributed by atoms with Crippen LogP contribution in [0.15, 0.2) is 12.7 Å². The van der Waals surface area contributed by atoms with Gasteiger partial charge in [0.2, 0.25) is 0 Å². The molecule has 0 unspecified atom stereocenters. The van der Waals surface area contributed by atoms with E-state index >= 15 is 0 Å². The Balaban J connectivity index is 3.20. The maximum Gasteiger partial charge on any atom is 0.388 e. The highest BCUT2D eigenvalue weighted by Gasteiger charge is 2.06. The lowest BCUT2D eigenvalue weighted by Gasteiger charge is -2.03. The molecule has 0 aliphatic heterocycles. The van der Waals surface area contributed by atoms with Gasteiger partial charge in [-0.15, -0.1) is 6.58 Å². The Morgan fingerprint density at radius 1 is 1.50 bits per heavy atom. The van der Waals surface area contributed by atoms with Gasteiger partial charge in [0, 0.05) is 20.3 Å². The molecule has 0 rings (SSSR count). The summed E-state index contributed by atoms with van der Waals surface area (Å²) in [6.45, 7) is 3.56. The molecule has 0 aliphatic rings. The fourth-order valence-electron chi connectivity index (χ4n) is 0.368. The molecule has 0 saturated carbocycles. The molecule has 3 heteroatoms. The number of allylic oxidation sites excluding steroid dienone is 1. The largest absolute Gasteiger partial charge is 0.397 e. The second kappa shape index (κ2) is 5.02. The van der Waals surface area contributed by atoms with Crippen molar-refractivity contribution in [2.24, 2.45) is 0 Å². The quantitative estimate of drug-likeness (QED) is 0.418. The third kappa shape index (κ3) is 2.96. The summed E-state index contributed by atoms with van der Waals surface area (Å²) in [6, 6.07) is 0.845. The van der Waals surface area contributed by atoms with E-state index in [1.54, 1.807) is 20.3 Å². The number of hydrogen-bond donors (Lipinski definition) is 0. The lowest BCUT2D eigenvalue weighted by molar-refractivity contribution is 0.281. The van der Waals surface area contributed by atoms with Crippen molar-refractivity contribution in [3.63, 3.8) is 0 Å². The molecule has 0 N–H and O–H groups in total. The molecule has 2 nitrogen and oxygen atoms in total. The monoisotopic (exact) mass is 131 g/mol. The zero-order chi connectivity index (χ0) is 6.41. The van der Waals surface area contributed by atoms with Gasteiger partial charge in [-0.1, -0.05) is 6.08 Å². The maximum atomic E-state index is 4.95. The second-order valence-electron chi connectivity index (χ2n) is 1.27. The van der Waals surface area contributed by atoms with Crippen LogP contribution in [-0.2, 0) is 8.85 Å². The van der Waals surface area contributed by atoms with Crippen molar-refractivity contribution in [2.75, 3.05) is 14.2 Å². The van der Waals surface area contributed by atoms with E-state index in [1.807, 2.05) is 0 Å². The summed E-state index contributed by atoms with van der Waals surface area (Å²) in [5.41, 5.74) is 0. The predicted molar refractivity (Wildman–Crippen MR) is 34.8 cm³/mol. The predicted octanol–water partition coefficient (Wildman–Crippen LogP) is 0.953. The van der Waals surface area contributed by atoms with Gasteiger partial charge < -0.3 is 8.85 Å². The topological polar surface area (TPSA) is 18.5 Å². The van der Waals surface area contributed by atoms with Crippen molar-refractivity contribution < 1.29 is 8.85 Å². The molecule has 0 amide bonds. The van der Waals surface area contributed by atoms with Crippen molar-refractivity contribution in [1.82, 2.24) is 0 Å². The number of rotatable bonds is 4. The van der Waals surface area contributed by atoms with Crippen LogP contribution in [0.1, 0.15) is 0 Å². The van der Waals surface area contributed by atoms with E-state index in [1.165, 1.54) is 0 Å². The summed E-state index contributed by atoms with van der Waals surface area (Å²) in [5.74, 6) is 0. The van der Waals surface area contributed by atoms with Crippen LogP contribution in [0.4, 0.5) is 0 Å². The van der Waals surface area contributed by atoms with Gasteiger partial charge in [-0.05, 0) is 0 Å². The number of hydrogen-bond acceptors (Lipinski definition) is 2. The van der Waals surface area contributed by atoms with E-state index in [-0.39, 0.29) is 0 Å². The van der Waals surface area contributed by atoms with Crippen molar-refractivity contribution in [2.45, 2.75) is 6.04 Å². The molecule has 0 spiro atoms. The molecule has 1 radical (unpaired) electrons. The second-order valence-corrected chi connectivity index (χ2v) is 3.24.